The van der Waals surface area contributed by atoms with Gasteiger partial charge in [0.05, 0.1) is 17.5 Å². The standard InChI is InChI=1S/C12H21N3O3S/c1-3-14-19(16,17)12-6-4-10(5-7-12)15-11(8-13)9-18-2/h4-7,11,14-15H,3,8-9,13H2,1-2H3. The Kier molecular flexibility index (Phi) is 6.23. The highest BCUT2D eigenvalue weighted by Gasteiger charge is 2.12. The molecule has 1 aromatic carbocycles. The van der Waals surface area contributed by atoms with Crippen LogP contribution >= 0.6 is 0 Å². The zero-order chi connectivity index (χ0) is 14.3. The summed E-state index contributed by atoms with van der Waals surface area (Å²) in [5, 5.41) is 3.18. The summed E-state index contributed by atoms with van der Waals surface area (Å²) >= 11 is 0. The van der Waals surface area contributed by atoms with E-state index in [0.29, 0.717) is 19.7 Å². The molecule has 0 spiro atoms. The van der Waals surface area contributed by atoms with Gasteiger partial charge in [0.2, 0.25) is 10.0 Å². The number of benzene rings is 1. The minimum atomic E-state index is -3.40. The molecule has 0 amide bonds. The van der Waals surface area contributed by atoms with Crippen molar-refractivity contribution in [2.45, 2.75) is 17.9 Å². The second-order valence-electron chi connectivity index (χ2n) is 4.06. The van der Waals surface area contributed by atoms with Crippen molar-refractivity contribution in [3.63, 3.8) is 0 Å². The van der Waals surface area contributed by atoms with Crippen molar-refractivity contribution in [3.05, 3.63) is 24.3 Å². The summed E-state index contributed by atoms with van der Waals surface area (Å²) in [5.74, 6) is 0. The molecule has 0 heterocycles. The second-order valence-corrected chi connectivity index (χ2v) is 5.82. The molecule has 0 aliphatic rings. The molecule has 0 radical (unpaired) electrons. The number of anilines is 1. The number of hydrogen-bond acceptors (Lipinski definition) is 5. The fourth-order valence-corrected chi connectivity index (χ4v) is 2.65. The van der Waals surface area contributed by atoms with Crippen LogP contribution in [0.1, 0.15) is 6.92 Å². The van der Waals surface area contributed by atoms with Gasteiger partial charge in [-0.2, -0.15) is 0 Å². The summed E-state index contributed by atoms with van der Waals surface area (Å²) in [4.78, 5) is 0.246. The Hall–Kier alpha value is -1.15. The van der Waals surface area contributed by atoms with Crippen LogP contribution in [0, 0.1) is 0 Å². The van der Waals surface area contributed by atoms with Crippen LogP contribution in [0.3, 0.4) is 0 Å². The summed E-state index contributed by atoms with van der Waals surface area (Å²) in [6.45, 7) is 3.04. The smallest absolute Gasteiger partial charge is 0.240 e. The zero-order valence-corrected chi connectivity index (χ0v) is 12.0. The van der Waals surface area contributed by atoms with Gasteiger partial charge in [-0.15, -0.1) is 0 Å². The normalized spacial score (nSPS) is 13.2. The Balaban J connectivity index is 2.76. The third-order valence-electron chi connectivity index (χ3n) is 2.52. The molecule has 108 valence electrons. The summed E-state index contributed by atoms with van der Waals surface area (Å²) < 4.78 is 31.0. The third-order valence-corrected chi connectivity index (χ3v) is 4.08. The van der Waals surface area contributed by atoms with E-state index in [2.05, 4.69) is 10.0 Å². The molecule has 4 N–H and O–H groups in total. The van der Waals surface area contributed by atoms with Crippen molar-refractivity contribution in [2.24, 2.45) is 5.73 Å². The van der Waals surface area contributed by atoms with Crippen LogP contribution in [0.25, 0.3) is 0 Å². The molecule has 19 heavy (non-hydrogen) atoms. The van der Waals surface area contributed by atoms with Crippen LogP contribution in [0.2, 0.25) is 0 Å². The summed E-state index contributed by atoms with van der Waals surface area (Å²) in [6, 6.07) is 6.54. The lowest BCUT2D eigenvalue weighted by atomic mass is 10.2. The van der Waals surface area contributed by atoms with Gasteiger partial charge in [0.25, 0.3) is 0 Å². The molecule has 1 aromatic rings. The average Bonchev–Trinajstić information content (AvgIpc) is 2.39. The van der Waals surface area contributed by atoms with Crippen molar-refractivity contribution < 1.29 is 13.2 Å². The predicted molar refractivity (Wildman–Crippen MR) is 75.6 cm³/mol. The minimum Gasteiger partial charge on any atom is -0.383 e. The van der Waals surface area contributed by atoms with Gasteiger partial charge in [0.15, 0.2) is 0 Å². The fraction of sp³-hybridized carbons (Fsp3) is 0.500. The molecular formula is C12H21N3O3S. The van der Waals surface area contributed by atoms with Crippen LogP contribution in [-0.2, 0) is 14.8 Å². The topological polar surface area (TPSA) is 93.5 Å². The number of hydrogen-bond donors (Lipinski definition) is 3. The Morgan fingerprint density at radius 2 is 1.95 bits per heavy atom. The van der Waals surface area contributed by atoms with Crippen molar-refractivity contribution in [2.75, 3.05) is 32.1 Å². The summed E-state index contributed by atoms with van der Waals surface area (Å²) in [7, 11) is -1.79. The van der Waals surface area contributed by atoms with Gasteiger partial charge in [0, 0.05) is 25.9 Å². The maximum atomic E-state index is 11.8. The molecule has 1 unspecified atom stereocenters. The van der Waals surface area contributed by atoms with E-state index < -0.39 is 10.0 Å². The van der Waals surface area contributed by atoms with Gasteiger partial charge >= 0.3 is 0 Å². The Labute approximate surface area is 114 Å². The molecule has 0 fully saturated rings. The van der Waals surface area contributed by atoms with E-state index in [9.17, 15) is 8.42 Å². The first-order valence-electron chi connectivity index (χ1n) is 6.08. The molecule has 0 aromatic heterocycles. The van der Waals surface area contributed by atoms with Crippen LogP contribution < -0.4 is 15.8 Å². The quantitative estimate of drug-likeness (QED) is 0.642. The number of nitrogens with one attached hydrogen (secondary N) is 2. The van der Waals surface area contributed by atoms with E-state index in [4.69, 9.17) is 10.5 Å². The first-order valence-corrected chi connectivity index (χ1v) is 7.57. The first kappa shape index (κ1) is 15.9. The lowest BCUT2D eigenvalue weighted by Crippen LogP contribution is -2.33. The van der Waals surface area contributed by atoms with E-state index in [0.717, 1.165) is 5.69 Å². The van der Waals surface area contributed by atoms with Crippen molar-refractivity contribution in [1.29, 1.82) is 0 Å². The van der Waals surface area contributed by atoms with Gasteiger partial charge in [-0.25, -0.2) is 13.1 Å². The average molecular weight is 287 g/mol. The lowest BCUT2D eigenvalue weighted by molar-refractivity contribution is 0.187. The summed E-state index contributed by atoms with van der Waals surface area (Å²) in [5.41, 5.74) is 6.41. The van der Waals surface area contributed by atoms with E-state index in [-0.39, 0.29) is 10.9 Å². The molecule has 7 heteroatoms. The van der Waals surface area contributed by atoms with Crippen LogP contribution in [-0.4, -0.2) is 41.3 Å². The molecule has 6 nitrogen and oxygen atoms in total. The Bertz CT molecular complexity index is 473. The molecule has 0 saturated heterocycles. The van der Waals surface area contributed by atoms with Crippen LogP contribution in [0.4, 0.5) is 5.69 Å². The van der Waals surface area contributed by atoms with E-state index in [1.54, 1.807) is 38.3 Å². The SMILES string of the molecule is CCNS(=O)(=O)c1ccc(NC(CN)COC)cc1. The molecule has 0 bridgehead atoms. The van der Waals surface area contributed by atoms with Gasteiger partial charge in [-0.1, -0.05) is 6.92 Å². The van der Waals surface area contributed by atoms with Crippen molar-refractivity contribution in [3.8, 4) is 0 Å². The summed E-state index contributed by atoms with van der Waals surface area (Å²) in [6.07, 6.45) is 0. The number of ether oxygens (including phenoxy) is 1. The molecule has 0 aliphatic carbocycles. The highest BCUT2D eigenvalue weighted by molar-refractivity contribution is 7.89. The van der Waals surface area contributed by atoms with E-state index >= 15 is 0 Å². The number of rotatable bonds is 8. The first-order chi connectivity index (χ1) is 9.03. The molecule has 1 rings (SSSR count). The lowest BCUT2D eigenvalue weighted by Gasteiger charge is -2.17. The van der Waals surface area contributed by atoms with Gasteiger partial charge in [-0.3, -0.25) is 0 Å². The fourth-order valence-electron chi connectivity index (χ4n) is 1.61. The van der Waals surface area contributed by atoms with Crippen LogP contribution in [0.15, 0.2) is 29.2 Å². The molecule has 0 saturated carbocycles. The maximum Gasteiger partial charge on any atom is 0.240 e. The van der Waals surface area contributed by atoms with Crippen molar-refractivity contribution in [1.82, 2.24) is 4.72 Å². The third kappa shape index (κ3) is 4.79. The molecule has 1 atom stereocenters. The predicted octanol–water partition coefficient (Wildman–Crippen LogP) is 0.370. The Morgan fingerprint density at radius 1 is 1.32 bits per heavy atom. The number of sulfonamides is 1. The van der Waals surface area contributed by atoms with E-state index in [1.807, 2.05) is 0 Å². The zero-order valence-electron chi connectivity index (χ0n) is 11.2. The second kappa shape index (κ2) is 7.44. The highest BCUT2D eigenvalue weighted by atomic mass is 32.2. The Morgan fingerprint density at radius 3 is 2.42 bits per heavy atom. The number of nitrogens with two attached hydrogens (primary N) is 1. The highest BCUT2D eigenvalue weighted by Crippen LogP contribution is 2.14. The maximum absolute atomic E-state index is 11.8. The molecular weight excluding hydrogens is 266 g/mol. The van der Waals surface area contributed by atoms with Gasteiger partial charge in [0.1, 0.15) is 0 Å². The molecule has 0 aliphatic heterocycles. The van der Waals surface area contributed by atoms with Crippen LogP contribution in [0.5, 0.6) is 0 Å². The van der Waals surface area contributed by atoms with Crippen molar-refractivity contribution >= 4 is 15.7 Å². The van der Waals surface area contributed by atoms with Gasteiger partial charge < -0.3 is 15.8 Å². The number of methoxy groups -OCH3 is 1. The largest absolute Gasteiger partial charge is 0.383 e. The minimum absolute atomic E-state index is 0.00113. The monoisotopic (exact) mass is 287 g/mol. The van der Waals surface area contributed by atoms with Gasteiger partial charge in [-0.05, 0) is 24.3 Å². The van der Waals surface area contributed by atoms with E-state index in [1.165, 1.54) is 0 Å².